The first-order valence-electron chi connectivity index (χ1n) is 12.0. The minimum absolute atomic E-state index is 0.0396. The normalized spacial score (nSPS) is 13.1. The Bertz CT molecular complexity index is 533. The van der Waals surface area contributed by atoms with Gasteiger partial charge in [-0.15, -0.1) is 0 Å². The molecule has 0 aromatic rings. The van der Waals surface area contributed by atoms with Crippen LogP contribution in [0.2, 0.25) is 0 Å². The van der Waals surface area contributed by atoms with Crippen molar-refractivity contribution >= 4 is 23.6 Å². The first-order chi connectivity index (χ1) is 15.6. The lowest BCUT2D eigenvalue weighted by Crippen LogP contribution is -2.55. The largest absolute Gasteiger partial charge is 0.464 e. The van der Waals surface area contributed by atoms with Crippen LogP contribution in [-0.4, -0.2) is 48.6 Å². The van der Waals surface area contributed by atoms with E-state index >= 15 is 0 Å². The second-order valence-electron chi connectivity index (χ2n) is 8.29. The summed E-state index contributed by atoms with van der Waals surface area (Å²) in [4.78, 5) is 23.5. The van der Waals surface area contributed by atoms with E-state index in [0.29, 0.717) is 6.42 Å². The molecule has 0 spiro atoms. The number of carbonyl (C=O) groups is 2. The van der Waals surface area contributed by atoms with Crippen LogP contribution in [0, 0.1) is 0 Å². The van der Waals surface area contributed by atoms with Crippen LogP contribution < -0.4 is 5.32 Å². The van der Waals surface area contributed by atoms with E-state index in [1.807, 2.05) is 0 Å². The Morgan fingerprint density at radius 1 is 0.818 bits per heavy atom. The van der Waals surface area contributed by atoms with Gasteiger partial charge in [0.25, 0.3) is 0 Å². The second-order valence-corrected chi connectivity index (χ2v) is 9.28. The van der Waals surface area contributed by atoms with E-state index in [4.69, 9.17) is 4.74 Å². The lowest BCUT2D eigenvalue weighted by Gasteiger charge is -2.22. The van der Waals surface area contributed by atoms with Crippen LogP contribution >= 0.6 is 11.8 Å². The Morgan fingerprint density at radius 3 is 1.70 bits per heavy atom. The molecule has 10 heteroatoms. The second kappa shape index (κ2) is 18.3. The zero-order valence-corrected chi connectivity index (χ0v) is 20.7. The van der Waals surface area contributed by atoms with Gasteiger partial charge in [-0.3, -0.25) is 4.79 Å². The van der Waals surface area contributed by atoms with Crippen molar-refractivity contribution in [2.45, 2.75) is 115 Å². The fourth-order valence-corrected chi connectivity index (χ4v) is 3.73. The summed E-state index contributed by atoms with van der Waals surface area (Å²) < 4.78 is 68.4. The predicted octanol–water partition coefficient (Wildman–Crippen LogP) is 7.06. The van der Waals surface area contributed by atoms with Gasteiger partial charge < -0.3 is 10.1 Å². The number of hydrogen-bond donors (Lipinski definition) is 1. The first kappa shape index (κ1) is 31.9. The van der Waals surface area contributed by atoms with Crippen LogP contribution in [0.15, 0.2) is 0 Å². The van der Waals surface area contributed by atoms with Gasteiger partial charge in [-0.05, 0) is 24.9 Å². The molecular weight excluding hydrogens is 465 g/mol. The van der Waals surface area contributed by atoms with Crippen molar-refractivity contribution in [1.29, 1.82) is 0 Å². The van der Waals surface area contributed by atoms with E-state index < -0.39 is 30.0 Å². The molecule has 1 atom stereocenters. The summed E-state index contributed by atoms with van der Waals surface area (Å²) in [7, 11) is 0. The summed E-state index contributed by atoms with van der Waals surface area (Å²) in [6.07, 6.45) is 10.5. The summed E-state index contributed by atoms with van der Waals surface area (Å²) in [5, 5.41) is 1.50. The van der Waals surface area contributed by atoms with Gasteiger partial charge >= 0.3 is 24.0 Å². The quantitative estimate of drug-likeness (QED) is 0.109. The van der Waals surface area contributed by atoms with Crippen LogP contribution in [-0.2, 0) is 14.3 Å². The van der Waals surface area contributed by atoms with Gasteiger partial charge in [0.2, 0.25) is 0 Å². The number of unbranched alkanes of at least 4 members (excludes halogenated alkanes) is 12. The third-order valence-electron chi connectivity index (χ3n) is 5.33. The van der Waals surface area contributed by atoms with Crippen molar-refractivity contribution in [1.82, 2.24) is 5.32 Å². The number of esters is 1. The van der Waals surface area contributed by atoms with E-state index in [9.17, 15) is 31.5 Å². The molecule has 0 aliphatic rings. The topological polar surface area (TPSA) is 55.4 Å². The maximum Gasteiger partial charge on any atom is 0.463 e. The summed E-state index contributed by atoms with van der Waals surface area (Å²) in [5.41, 5.74) is 0. The lowest BCUT2D eigenvalue weighted by atomic mass is 10.0. The van der Waals surface area contributed by atoms with Crippen LogP contribution in [0.25, 0.3) is 0 Å². The zero-order valence-electron chi connectivity index (χ0n) is 19.9. The van der Waals surface area contributed by atoms with Crippen LogP contribution in [0.4, 0.5) is 22.0 Å². The van der Waals surface area contributed by atoms with Gasteiger partial charge in [-0.2, -0.15) is 33.7 Å². The summed E-state index contributed by atoms with van der Waals surface area (Å²) >= 11 is 1.27. The molecule has 0 rings (SSSR count). The number of halogens is 5. The van der Waals surface area contributed by atoms with Crippen molar-refractivity contribution in [3.63, 3.8) is 0 Å². The standard InChI is InChI=1S/C23H40F5NO3S/c1-3-4-5-6-7-8-9-10-11-12-13-14-15-17-32-20(30)19(16-18-33-2)29-21(31)22(24,25)23(26,27)28/h19H,3-18H2,1-2H3,(H,29,31). The van der Waals surface area contributed by atoms with E-state index in [1.54, 1.807) is 6.26 Å². The number of rotatable bonds is 20. The van der Waals surface area contributed by atoms with Crippen molar-refractivity contribution in [3.05, 3.63) is 0 Å². The molecule has 1 N–H and O–H groups in total. The Labute approximate surface area is 199 Å². The molecule has 0 aliphatic carbocycles. The number of carbonyl (C=O) groups excluding carboxylic acids is 2. The number of alkyl halides is 5. The van der Waals surface area contributed by atoms with Crippen molar-refractivity contribution in [2.75, 3.05) is 18.6 Å². The summed E-state index contributed by atoms with van der Waals surface area (Å²) in [6, 6.07) is -1.54. The smallest absolute Gasteiger partial charge is 0.463 e. The van der Waals surface area contributed by atoms with Gasteiger partial charge in [0.05, 0.1) is 6.61 Å². The molecule has 0 heterocycles. The number of thioether (sulfide) groups is 1. The average molecular weight is 506 g/mol. The van der Waals surface area contributed by atoms with Gasteiger partial charge in [-0.25, -0.2) is 4.79 Å². The van der Waals surface area contributed by atoms with E-state index in [0.717, 1.165) is 25.7 Å². The number of ether oxygens (including phenoxy) is 1. The van der Waals surface area contributed by atoms with Crippen LogP contribution in [0.5, 0.6) is 0 Å². The fraction of sp³-hybridized carbons (Fsp3) is 0.913. The molecule has 0 aromatic heterocycles. The molecule has 33 heavy (non-hydrogen) atoms. The van der Waals surface area contributed by atoms with Gasteiger partial charge in [0, 0.05) is 0 Å². The molecule has 0 radical (unpaired) electrons. The highest BCUT2D eigenvalue weighted by Gasteiger charge is 2.63. The molecule has 0 aliphatic heterocycles. The molecule has 0 saturated heterocycles. The van der Waals surface area contributed by atoms with Gasteiger partial charge in [0.15, 0.2) is 0 Å². The maximum absolute atomic E-state index is 13.2. The van der Waals surface area contributed by atoms with Crippen molar-refractivity contribution in [2.24, 2.45) is 0 Å². The number of amides is 1. The molecule has 0 bridgehead atoms. The van der Waals surface area contributed by atoms with Crippen molar-refractivity contribution in [3.8, 4) is 0 Å². The molecule has 0 aromatic carbocycles. The average Bonchev–Trinajstić information content (AvgIpc) is 2.75. The van der Waals surface area contributed by atoms with E-state index in [1.165, 1.54) is 68.4 Å². The van der Waals surface area contributed by atoms with E-state index in [2.05, 4.69) is 6.92 Å². The molecule has 1 amide bonds. The number of hydrogen-bond acceptors (Lipinski definition) is 4. The van der Waals surface area contributed by atoms with Gasteiger partial charge in [0.1, 0.15) is 6.04 Å². The Kier molecular flexibility index (Phi) is 17.7. The summed E-state index contributed by atoms with van der Waals surface area (Å²) in [5.74, 6) is -8.82. The first-order valence-corrected chi connectivity index (χ1v) is 13.4. The predicted molar refractivity (Wildman–Crippen MR) is 123 cm³/mol. The van der Waals surface area contributed by atoms with Crippen LogP contribution in [0.1, 0.15) is 96.8 Å². The number of nitrogens with one attached hydrogen (secondary N) is 1. The molecule has 1 unspecified atom stereocenters. The SMILES string of the molecule is CCCCCCCCCCCCCCCOC(=O)C(CCSC)NC(=O)C(F)(F)C(F)(F)F. The molecule has 0 fully saturated rings. The van der Waals surface area contributed by atoms with Crippen LogP contribution in [0.3, 0.4) is 0 Å². The Morgan fingerprint density at radius 2 is 1.27 bits per heavy atom. The van der Waals surface area contributed by atoms with Gasteiger partial charge in [-0.1, -0.05) is 84.0 Å². The minimum atomic E-state index is -6.03. The Balaban J connectivity index is 4.04. The zero-order chi connectivity index (χ0) is 25.2. The van der Waals surface area contributed by atoms with Crippen molar-refractivity contribution < 1.29 is 36.3 Å². The molecule has 0 saturated carbocycles. The molecule has 196 valence electrons. The highest BCUT2D eigenvalue weighted by Crippen LogP contribution is 2.35. The lowest BCUT2D eigenvalue weighted by molar-refractivity contribution is -0.270. The highest BCUT2D eigenvalue weighted by molar-refractivity contribution is 7.98. The van der Waals surface area contributed by atoms with E-state index in [-0.39, 0.29) is 18.8 Å². The monoisotopic (exact) mass is 505 g/mol. The molecular formula is C23H40F5NO3S. The third kappa shape index (κ3) is 14.7. The molecule has 4 nitrogen and oxygen atoms in total. The fourth-order valence-electron chi connectivity index (χ4n) is 3.26. The minimum Gasteiger partial charge on any atom is -0.464 e. The third-order valence-corrected chi connectivity index (χ3v) is 5.98. The summed E-state index contributed by atoms with van der Waals surface area (Å²) in [6.45, 7) is 2.25. The highest BCUT2D eigenvalue weighted by atomic mass is 32.2. The Hall–Kier alpha value is -1.06. The maximum atomic E-state index is 13.2.